The lowest BCUT2D eigenvalue weighted by molar-refractivity contribution is 0.102. The normalized spacial score (nSPS) is 11.0. The van der Waals surface area contributed by atoms with Crippen molar-refractivity contribution in [1.29, 1.82) is 0 Å². The molecule has 0 saturated heterocycles. The molecule has 0 spiro atoms. The second-order valence-corrected chi connectivity index (χ2v) is 11.3. The monoisotopic (exact) mass is 670 g/mol. The molecule has 0 aliphatic rings. The zero-order valence-electron chi connectivity index (χ0n) is 26.8. The van der Waals surface area contributed by atoms with Gasteiger partial charge in [-0.2, -0.15) is 14.9 Å². The number of nitrogens with one attached hydrogen (secondary N) is 1. The Morgan fingerprint density at radius 2 is 1.66 bits per heavy atom. The molecule has 0 atom stereocenters. The van der Waals surface area contributed by atoms with Crippen LogP contribution >= 0.6 is 0 Å². The van der Waals surface area contributed by atoms with Crippen molar-refractivity contribution in [3.05, 3.63) is 154 Å². The predicted molar refractivity (Wildman–Crippen MR) is 184 cm³/mol. The topological polar surface area (TPSA) is 113 Å². The van der Waals surface area contributed by atoms with Gasteiger partial charge in [-0.05, 0) is 78.7 Å². The van der Waals surface area contributed by atoms with Crippen molar-refractivity contribution in [2.45, 2.75) is 13.5 Å². The van der Waals surface area contributed by atoms with Crippen molar-refractivity contribution < 1.29 is 23.0 Å². The number of carbonyl (C=O) groups excluding carboxylic acids is 1. The standard InChI is InChI=1S/C38H28F2N6O4/c1-23-5-3-4-6-29(23)35-34-33(18-19-41-36(34)45(44-35)22-24-7-14-28(49-2)15-8-24)50-32-16-11-26(21-31(32)40)43-37(47)30-17-20-42-46(38(30)48)27-12-9-25(39)10-13-27/h3-21H,22H2,1-2H3,(H,43,47). The third-order valence-electron chi connectivity index (χ3n) is 8.06. The molecule has 7 aromatic rings. The second kappa shape index (κ2) is 13.4. The van der Waals surface area contributed by atoms with Crippen molar-refractivity contribution in [1.82, 2.24) is 24.5 Å². The Bertz CT molecular complexity index is 2430. The van der Waals surface area contributed by atoms with E-state index in [9.17, 15) is 14.0 Å². The highest BCUT2D eigenvalue weighted by molar-refractivity contribution is 6.04. The van der Waals surface area contributed by atoms with Gasteiger partial charge in [0.2, 0.25) is 0 Å². The number of hydrogen-bond acceptors (Lipinski definition) is 7. The molecular weight excluding hydrogens is 642 g/mol. The number of aromatic nitrogens is 5. The van der Waals surface area contributed by atoms with Gasteiger partial charge in [0.05, 0.1) is 24.7 Å². The first-order valence-corrected chi connectivity index (χ1v) is 15.5. The summed E-state index contributed by atoms with van der Waals surface area (Å²) in [4.78, 5) is 30.7. The molecule has 12 heteroatoms. The van der Waals surface area contributed by atoms with Crippen LogP contribution in [0.25, 0.3) is 28.0 Å². The molecule has 10 nitrogen and oxygen atoms in total. The Labute approximate surface area is 284 Å². The lowest BCUT2D eigenvalue weighted by Crippen LogP contribution is -2.29. The molecule has 3 heterocycles. The van der Waals surface area contributed by atoms with E-state index in [2.05, 4.69) is 15.4 Å². The minimum atomic E-state index is -0.774. The van der Waals surface area contributed by atoms with Crippen LogP contribution in [0.3, 0.4) is 0 Å². The lowest BCUT2D eigenvalue weighted by Gasteiger charge is -2.11. The first-order valence-electron chi connectivity index (χ1n) is 15.5. The third-order valence-corrected chi connectivity index (χ3v) is 8.06. The Kier molecular flexibility index (Phi) is 8.57. The Morgan fingerprint density at radius 3 is 2.40 bits per heavy atom. The smallest absolute Gasteiger partial charge is 0.284 e. The molecule has 0 bridgehead atoms. The number of rotatable bonds is 9. The third kappa shape index (κ3) is 6.29. The van der Waals surface area contributed by atoms with Gasteiger partial charge < -0.3 is 14.8 Å². The van der Waals surface area contributed by atoms with Gasteiger partial charge in [0.15, 0.2) is 17.2 Å². The van der Waals surface area contributed by atoms with Crippen molar-refractivity contribution in [2.75, 3.05) is 12.4 Å². The van der Waals surface area contributed by atoms with Crippen LogP contribution in [0.1, 0.15) is 21.5 Å². The maximum atomic E-state index is 15.6. The number of hydrogen-bond donors (Lipinski definition) is 1. The highest BCUT2D eigenvalue weighted by atomic mass is 19.1. The fourth-order valence-electron chi connectivity index (χ4n) is 5.53. The average Bonchev–Trinajstić information content (AvgIpc) is 3.49. The molecule has 3 aromatic heterocycles. The van der Waals surface area contributed by atoms with E-state index in [-0.39, 0.29) is 22.7 Å². The summed E-state index contributed by atoms with van der Waals surface area (Å²) in [7, 11) is 1.61. The summed E-state index contributed by atoms with van der Waals surface area (Å²) in [6.07, 6.45) is 2.85. The minimum Gasteiger partial charge on any atom is -0.497 e. The maximum absolute atomic E-state index is 15.6. The van der Waals surface area contributed by atoms with Gasteiger partial charge >= 0.3 is 0 Å². The van der Waals surface area contributed by atoms with E-state index in [0.29, 0.717) is 29.0 Å². The molecule has 1 N–H and O–H groups in total. The van der Waals surface area contributed by atoms with Crippen molar-refractivity contribution >= 4 is 22.6 Å². The molecule has 4 aromatic carbocycles. The van der Waals surface area contributed by atoms with Gasteiger partial charge in [0.25, 0.3) is 11.5 Å². The van der Waals surface area contributed by atoms with E-state index in [1.165, 1.54) is 48.7 Å². The molecule has 0 aliphatic carbocycles. The number of pyridine rings is 1. The SMILES string of the molecule is COc1ccc(Cn2nc(-c3ccccc3C)c3c(Oc4ccc(NC(=O)c5ccnn(-c6ccc(F)cc6)c5=O)cc4F)ccnc32)cc1. The summed E-state index contributed by atoms with van der Waals surface area (Å²) in [6, 6.07) is 27.4. The Balaban J connectivity index is 1.19. The first-order chi connectivity index (χ1) is 24.3. The van der Waals surface area contributed by atoms with E-state index in [4.69, 9.17) is 14.6 Å². The minimum absolute atomic E-state index is 0.0946. The maximum Gasteiger partial charge on any atom is 0.284 e. The fourth-order valence-corrected chi connectivity index (χ4v) is 5.53. The molecule has 1 amide bonds. The van der Waals surface area contributed by atoms with E-state index >= 15 is 4.39 Å². The van der Waals surface area contributed by atoms with Crippen LogP contribution in [-0.2, 0) is 6.54 Å². The summed E-state index contributed by atoms with van der Waals surface area (Å²) < 4.78 is 43.2. The van der Waals surface area contributed by atoms with Crippen LogP contribution in [0.15, 0.2) is 120 Å². The molecule has 7 rings (SSSR count). The predicted octanol–water partition coefficient (Wildman–Crippen LogP) is 7.33. The summed E-state index contributed by atoms with van der Waals surface area (Å²) >= 11 is 0. The number of fused-ring (bicyclic) bond motifs is 1. The van der Waals surface area contributed by atoms with Crippen molar-refractivity contribution in [3.63, 3.8) is 0 Å². The van der Waals surface area contributed by atoms with Crippen LogP contribution in [0.4, 0.5) is 14.5 Å². The van der Waals surface area contributed by atoms with Crippen LogP contribution in [0.2, 0.25) is 0 Å². The van der Waals surface area contributed by atoms with Crippen LogP contribution < -0.4 is 20.3 Å². The van der Waals surface area contributed by atoms with E-state index < -0.39 is 23.1 Å². The molecule has 50 heavy (non-hydrogen) atoms. The number of aryl methyl sites for hydroxylation is 1. The zero-order chi connectivity index (χ0) is 34.8. The fraction of sp³-hybridized carbons (Fsp3) is 0.0789. The number of amides is 1. The molecule has 0 unspecified atom stereocenters. The number of nitrogens with zero attached hydrogens (tertiary/aromatic N) is 5. The Morgan fingerprint density at radius 1 is 0.880 bits per heavy atom. The number of anilines is 1. The van der Waals surface area contributed by atoms with Crippen LogP contribution in [0, 0.1) is 18.6 Å². The number of ether oxygens (including phenoxy) is 2. The molecule has 0 radical (unpaired) electrons. The summed E-state index contributed by atoms with van der Waals surface area (Å²) in [5.74, 6) is -1.04. The molecule has 0 fully saturated rings. The summed E-state index contributed by atoms with van der Waals surface area (Å²) in [5.41, 5.74) is 3.42. The van der Waals surface area contributed by atoms with Gasteiger partial charge in [0.1, 0.15) is 28.6 Å². The Hall–Kier alpha value is -6.69. The van der Waals surface area contributed by atoms with Gasteiger partial charge in [0, 0.05) is 29.7 Å². The van der Waals surface area contributed by atoms with Crippen molar-refractivity contribution in [2.24, 2.45) is 0 Å². The van der Waals surface area contributed by atoms with Crippen LogP contribution in [0.5, 0.6) is 17.2 Å². The number of benzene rings is 4. The average molecular weight is 671 g/mol. The first kappa shape index (κ1) is 31.9. The van der Waals surface area contributed by atoms with Crippen LogP contribution in [-0.4, -0.2) is 37.6 Å². The van der Waals surface area contributed by atoms with Gasteiger partial charge in [-0.25, -0.2) is 18.4 Å². The molecule has 0 saturated carbocycles. The van der Waals surface area contributed by atoms with Crippen molar-refractivity contribution in [3.8, 4) is 34.2 Å². The van der Waals surface area contributed by atoms with Gasteiger partial charge in [-0.3, -0.25) is 9.59 Å². The number of carbonyl (C=O) groups is 1. The molecular formula is C38H28F2N6O4. The zero-order valence-corrected chi connectivity index (χ0v) is 26.8. The summed E-state index contributed by atoms with van der Waals surface area (Å²) in [6.45, 7) is 2.40. The second-order valence-electron chi connectivity index (χ2n) is 11.3. The van der Waals surface area contributed by atoms with Gasteiger partial charge in [-0.1, -0.05) is 36.4 Å². The highest BCUT2D eigenvalue weighted by Crippen LogP contribution is 2.38. The lowest BCUT2D eigenvalue weighted by atomic mass is 10.0. The molecule has 0 aliphatic heterocycles. The van der Waals surface area contributed by atoms with E-state index in [0.717, 1.165) is 33.2 Å². The number of methoxy groups -OCH3 is 1. The number of halogens is 2. The van der Waals surface area contributed by atoms with Gasteiger partial charge in [-0.15, -0.1) is 0 Å². The van der Waals surface area contributed by atoms with E-state index in [1.807, 2.05) is 55.5 Å². The summed E-state index contributed by atoms with van der Waals surface area (Å²) in [5, 5.41) is 12.1. The quantitative estimate of drug-likeness (QED) is 0.171. The largest absolute Gasteiger partial charge is 0.497 e. The molecule has 248 valence electrons. The van der Waals surface area contributed by atoms with E-state index in [1.54, 1.807) is 24.1 Å². The highest BCUT2D eigenvalue weighted by Gasteiger charge is 2.21.